The molecule has 1 atom stereocenters. The molecule has 0 radical (unpaired) electrons. The monoisotopic (exact) mass is 314 g/mol. The van der Waals surface area contributed by atoms with Crippen LogP contribution >= 0.6 is 12.2 Å². The van der Waals surface area contributed by atoms with Crippen LogP contribution in [0.25, 0.3) is 11.0 Å². The van der Waals surface area contributed by atoms with Crippen molar-refractivity contribution < 1.29 is 0 Å². The van der Waals surface area contributed by atoms with Crippen molar-refractivity contribution in [3.63, 3.8) is 0 Å². The van der Waals surface area contributed by atoms with E-state index in [-0.39, 0.29) is 0 Å². The number of aromatic nitrogens is 2. The Morgan fingerprint density at radius 1 is 1.50 bits per heavy atom. The van der Waals surface area contributed by atoms with E-state index in [2.05, 4.69) is 46.6 Å². The van der Waals surface area contributed by atoms with Crippen molar-refractivity contribution in [1.29, 1.82) is 0 Å². The second kappa shape index (κ2) is 6.48. The summed E-state index contributed by atoms with van der Waals surface area (Å²) in [7, 11) is 2.11. The van der Waals surface area contributed by atoms with E-state index in [1.165, 1.54) is 5.52 Å². The van der Waals surface area contributed by atoms with Crippen LogP contribution < -0.4 is 5.32 Å². The number of hydrogen-bond acceptors (Lipinski definition) is 2. The van der Waals surface area contributed by atoms with Gasteiger partial charge in [0.05, 0.1) is 11.0 Å². The minimum Gasteiger partial charge on any atom is -0.359 e. The van der Waals surface area contributed by atoms with Gasteiger partial charge in [-0.15, -0.1) is 6.58 Å². The number of nitrogens with one attached hydrogen (secondary N) is 1. The highest BCUT2D eigenvalue weighted by molar-refractivity contribution is 7.80. The number of para-hydroxylation sites is 2. The molecule has 1 fully saturated rings. The average molecular weight is 314 g/mol. The van der Waals surface area contributed by atoms with Crippen molar-refractivity contribution in [2.24, 2.45) is 7.05 Å². The van der Waals surface area contributed by atoms with Crippen molar-refractivity contribution in [3.05, 3.63) is 42.7 Å². The predicted octanol–water partition coefficient (Wildman–Crippen LogP) is 2.81. The van der Waals surface area contributed by atoms with Gasteiger partial charge in [0.2, 0.25) is 0 Å². The van der Waals surface area contributed by atoms with Crippen LogP contribution in [0.3, 0.4) is 0 Å². The summed E-state index contributed by atoms with van der Waals surface area (Å²) >= 11 is 5.48. The fourth-order valence-electron chi connectivity index (χ4n) is 3.17. The Labute approximate surface area is 136 Å². The van der Waals surface area contributed by atoms with Crippen molar-refractivity contribution in [2.45, 2.75) is 18.8 Å². The first kappa shape index (κ1) is 15.0. The molecule has 1 aliphatic heterocycles. The lowest BCUT2D eigenvalue weighted by molar-refractivity contribution is 0.297. The van der Waals surface area contributed by atoms with Crippen LogP contribution in [0.1, 0.15) is 24.6 Å². The standard InChI is InChI=1S/C17H22N4S/c1-3-10-18-17(22)21-11-6-7-13(12-21)16-19-14-8-4-5-9-15(14)20(16)2/h3-5,8-9,13H,1,6-7,10-12H2,2H3,(H,18,22). The number of benzene rings is 1. The normalized spacial score (nSPS) is 18.4. The molecule has 5 heteroatoms. The zero-order chi connectivity index (χ0) is 15.5. The van der Waals surface area contributed by atoms with E-state index < -0.39 is 0 Å². The van der Waals surface area contributed by atoms with Crippen LogP contribution in [-0.4, -0.2) is 39.2 Å². The van der Waals surface area contributed by atoms with Crippen LogP contribution in [0.4, 0.5) is 0 Å². The molecule has 1 aliphatic rings. The van der Waals surface area contributed by atoms with Crippen molar-refractivity contribution in [2.75, 3.05) is 19.6 Å². The number of imidazole rings is 1. The Morgan fingerprint density at radius 2 is 2.32 bits per heavy atom. The first-order chi connectivity index (χ1) is 10.7. The Hall–Kier alpha value is -1.88. The molecule has 1 N–H and O–H groups in total. The van der Waals surface area contributed by atoms with E-state index in [1.807, 2.05) is 12.1 Å². The lowest BCUT2D eigenvalue weighted by Gasteiger charge is -2.34. The van der Waals surface area contributed by atoms with Gasteiger partial charge >= 0.3 is 0 Å². The lowest BCUT2D eigenvalue weighted by Crippen LogP contribution is -2.45. The van der Waals surface area contributed by atoms with Gasteiger partial charge in [0, 0.05) is 32.6 Å². The van der Waals surface area contributed by atoms with Gasteiger partial charge in [-0.25, -0.2) is 4.98 Å². The van der Waals surface area contributed by atoms with E-state index in [0.29, 0.717) is 12.5 Å². The molecule has 1 unspecified atom stereocenters. The zero-order valence-electron chi connectivity index (χ0n) is 13.0. The van der Waals surface area contributed by atoms with Gasteiger partial charge < -0.3 is 14.8 Å². The zero-order valence-corrected chi connectivity index (χ0v) is 13.8. The van der Waals surface area contributed by atoms with E-state index in [1.54, 1.807) is 0 Å². The summed E-state index contributed by atoms with van der Waals surface area (Å²) in [6, 6.07) is 8.31. The molecule has 0 spiro atoms. The number of piperidine rings is 1. The summed E-state index contributed by atoms with van der Waals surface area (Å²) in [6.07, 6.45) is 4.14. The van der Waals surface area contributed by atoms with Crippen molar-refractivity contribution in [1.82, 2.24) is 19.8 Å². The fraction of sp³-hybridized carbons (Fsp3) is 0.412. The van der Waals surface area contributed by atoms with Crippen LogP contribution in [0.2, 0.25) is 0 Å². The third-order valence-corrected chi connectivity index (χ3v) is 4.70. The molecule has 0 saturated carbocycles. The SMILES string of the molecule is C=CCNC(=S)N1CCCC(c2nc3ccccc3n2C)C1. The number of thiocarbonyl (C=S) groups is 1. The Kier molecular flexibility index (Phi) is 4.43. The number of hydrogen-bond donors (Lipinski definition) is 1. The first-order valence-electron chi connectivity index (χ1n) is 7.75. The number of fused-ring (bicyclic) bond motifs is 1. The molecule has 1 aromatic carbocycles. The number of rotatable bonds is 3. The van der Waals surface area contributed by atoms with E-state index in [0.717, 1.165) is 42.4 Å². The molecule has 4 nitrogen and oxygen atoms in total. The van der Waals surface area contributed by atoms with Crippen LogP contribution in [-0.2, 0) is 7.05 Å². The molecule has 0 aliphatic carbocycles. The van der Waals surface area contributed by atoms with Crippen LogP contribution in [0, 0.1) is 0 Å². The summed E-state index contributed by atoms with van der Waals surface area (Å²) in [5.41, 5.74) is 2.27. The number of aryl methyl sites for hydroxylation is 1. The summed E-state index contributed by atoms with van der Waals surface area (Å²) < 4.78 is 2.23. The maximum atomic E-state index is 5.48. The average Bonchev–Trinajstić information content (AvgIpc) is 2.90. The van der Waals surface area contributed by atoms with E-state index >= 15 is 0 Å². The van der Waals surface area contributed by atoms with E-state index in [4.69, 9.17) is 17.2 Å². The van der Waals surface area contributed by atoms with Gasteiger partial charge in [-0.1, -0.05) is 18.2 Å². The Bertz CT molecular complexity index is 691. The maximum absolute atomic E-state index is 5.48. The Balaban J connectivity index is 1.80. The summed E-state index contributed by atoms with van der Waals surface area (Å²) in [6.45, 7) is 6.38. The summed E-state index contributed by atoms with van der Waals surface area (Å²) in [5.74, 6) is 1.59. The second-order valence-corrected chi connectivity index (χ2v) is 6.16. The molecule has 3 rings (SSSR count). The van der Waals surface area contributed by atoms with Crippen molar-refractivity contribution >= 4 is 28.4 Å². The lowest BCUT2D eigenvalue weighted by atomic mass is 9.97. The third kappa shape index (κ3) is 2.86. The number of likely N-dealkylation sites (tertiary alicyclic amines) is 1. The van der Waals surface area contributed by atoms with Crippen LogP contribution in [0.5, 0.6) is 0 Å². The van der Waals surface area contributed by atoms with Crippen LogP contribution in [0.15, 0.2) is 36.9 Å². The molecule has 1 saturated heterocycles. The quantitative estimate of drug-likeness (QED) is 0.698. The molecular formula is C17H22N4S. The largest absolute Gasteiger partial charge is 0.359 e. The summed E-state index contributed by atoms with van der Waals surface area (Å²) in [5, 5.41) is 4.05. The van der Waals surface area contributed by atoms with Gasteiger partial charge in [-0.2, -0.15) is 0 Å². The molecule has 2 heterocycles. The minimum atomic E-state index is 0.426. The summed E-state index contributed by atoms with van der Waals surface area (Å²) in [4.78, 5) is 7.10. The molecule has 2 aromatic rings. The smallest absolute Gasteiger partial charge is 0.169 e. The van der Waals surface area contributed by atoms with Gasteiger partial charge in [-0.05, 0) is 37.2 Å². The first-order valence-corrected chi connectivity index (χ1v) is 8.16. The highest BCUT2D eigenvalue weighted by atomic mass is 32.1. The Morgan fingerprint density at radius 3 is 3.09 bits per heavy atom. The van der Waals surface area contributed by atoms with Gasteiger partial charge in [-0.3, -0.25) is 0 Å². The molecule has 1 aromatic heterocycles. The van der Waals surface area contributed by atoms with Gasteiger partial charge in [0.15, 0.2) is 5.11 Å². The fourth-order valence-corrected chi connectivity index (χ4v) is 3.42. The molecule has 0 bridgehead atoms. The maximum Gasteiger partial charge on any atom is 0.169 e. The molecule has 0 amide bonds. The van der Waals surface area contributed by atoms with Gasteiger partial charge in [0.1, 0.15) is 5.82 Å². The highest BCUT2D eigenvalue weighted by Gasteiger charge is 2.26. The van der Waals surface area contributed by atoms with Gasteiger partial charge in [0.25, 0.3) is 0 Å². The highest BCUT2D eigenvalue weighted by Crippen LogP contribution is 2.28. The third-order valence-electron chi connectivity index (χ3n) is 4.29. The molecule has 116 valence electrons. The topological polar surface area (TPSA) is 33.1 Å². The second-order valence-electron chi connectivity index (χ2n) is 5.78. The van der Waals surface area contributed by atoms with Crippen molar-refractivity contribution in [3.8, 4) is 0 Å². The number of nitrogens with zero attached hydrogens (tertiary/aromatic N) is 3. The van der Waals surface area contributed by atoms with E-state index in [9.17, 15) is 0 Å². The minimum absolute atomic E-state index is 0.426. The predicted molar refractivity (Wildman–Crippen MR) is 95.1 cm³/mol. The molecular weight excluding hydrogens is 292 g/mol. The molecule has 22 heavy (non-hydrogen) atoms.